The van der Waals surface area contributed by atoms with Crippen LogP contribution in [-0.2, 0) is 0 Å². The van der Waals surface area contributed by atoms with Gasteiger partial charge in [-0.3, -0.25) is 0 Å². The maximum Gasteiger partial charge on any atom is 0.149 e. The van der Waals surface area contributed by atoms with Crippen LogP contribution in [0, 0.1) is 0 Å². The monoisotopic (exact) mass is 205 g/mol. The van der Waals surface area contributed by atoms with Gasteiger partial charge < -0.3 is 11.1 Å². The maximum absolute atomic E-state index is 5.85. The first-order chi connectivity index (χ1) is 7.36. The van der Waals surface area contributed by atoms with Gasteiger partial charge in [0.1, 0.15) is 5.82 Å². The Balaban J connectivity index is 1.98. The molecule has 3 N–H and O–H groups in total. The highest BCUT2D eigenvalue weighted by molar-refractivity contribution is 5.60. The molecule has 1 aromatic rings. The highest BCUT2D eigenvalue weighted by Crippen LogP contribution is 2.22. The third kappa shape index (κ3) is 2.85. The first kappa shape index (κ1) is 10.3. The van der Waals surface area contributed by atoms with E-state index < -0.39 is 0 Å². The van der Waals surface area contributed by atoms with Gasteiger partial charge in [0.2, 0.25) is 0 Å². The number of aromatic nitrogens is 1. The zero-order valence-corrected chi connectivity index (χ0v) is 9.08. The topological polar surface area (TPSA) is 50.9 Å². The summed E-state index contributed by atoms with van der Waals surface area (Å²) >= 11 is 0. The molecule has 0 aliphatic heterocycles. The van der Waals surface area contributed by atoms with Crippen molar-refractivity contribution in [2.45, 2.75) is 44.6 Å². The Hall–Kier alpha value is -1.25. The molecule has 3 nitrogen and oxygen atoms in total. The zero-order chi connectivity index (χ0) is 10.5. The molecule has 2 rings (SSSR count). The minimum Gasteiger partial charge on any atom is -0.396 e. The summed E-state index contributed by atoms with van der Waals surface area (Å²) in [6, 6.07) is 4.32. The van der Waals surface area contributed by atoms with Crippen molar-refractivity contribution in [1.82, 2.24) is 4.98 Å². The number of pyridine rings is 1. The average Bonchev–Trinajstić information content (AvgIpc) is 2.50. The summed E-state index contributed by atoms with van der Waals surface area (Å²) in [4.78, 5) is 4.27. The second kappa shape index (κ2) is 5.01. The number of rotatable bonds is 2. The van der Waals surface area contributed by atoms with Crippen LogP contribution in [0.5, 0.6) is 0 Å². The van der Waals surface area contributed by atoms with Crippen molar-refractivity contribution in [2.24, 2.45) is 0 Å². The molecule has 0 amide bonds. The van der Waals surface area contributed by atoms with E-state index in [-0.39, 0.29) is 0 Å². The van der Waals surface area contributed by atoms with Crippen molar-refractivity contribution in [2.75, 3.05) is 11.1 Å². The third-order valence-electron chi connectivity index (χ3n) is 3.03. The van der Waals surface area contributed by atoms with E-state index in [0.29, 0.717) is 6.04 Å². The molecule has 0 radical (unpaired) electrons. The van der Waals surface area contributed by atoms with E-state index in [4.69, 9.17) is 5.73 Å². The molecule has 0 spiro atoms. The molecule has 0 atom stereocenters. The highest BCUT2D eigenvalue weighted by atomic mass is 15.0. The number of hydrogen-bond donors (Lipinski definition) is 2. The van der Waals surface area contributed by atoms with Crippen LogP contribution < -0.4 is 11.1 Å². The minimum atomic E-state index is 0.560. The molecule has 0 saturated heterocycles. The van der Waals surface area contributed by atoms with Crippen LogP contribution in [0.2, 0.25) is 0 Å². The van der Waals surface area contributed by atoms with Crippen LogP contribution in [0.15, 0.2) is 18.3 Å². The van der Waals surface area contributed by atoms with Crippen LogP contribution >= 0.6 is 0 Å². The molecule has 3 heteroatoms. The van der Waals surface area contributed by atoms with Crippen LogP contribution in [0.25, 0.3) is 0 Å². The van der Waals surface area contributed by atoms with Gasteiger partial charge in [-0.15, -0.1) is 0 Å². The molecule has 15 heavy (non-hydrogen) atoms. The van der Waals surface area contributed by atoms with Crippen molar-refractivity contribution in [1.29, 1.82) is 0 Å². The van der Waals surface area contributed by atoms with E-state index in [1.54, 1.807) is 6.20 Å². The summed E-state index contributed by atoms with van der Waals surface area (Å²) < 4.78 is 0. The van der Waals surface area contributed by atoms with Crippen LogP contribution in [0.3, 0.4) is 0 Å². The summed E-state index contributed by atoms with van der Waals surface area (Å²) in [5, 5.41) is 3.45. The fraction of sp³-hybridized carbons (Fsp3) is 0.583. The van der Waals surface area contributed by atoms with Gasteiger partial charge >= 0.3 is 0 Å². The predicted octanol–water partition coefficient (Wildman–Crippen LogP) is 2.80. The lowest BCUT2D eigenvalue weighted by Crippen LogP contribution is -2.19. The predicted molar refractivity (Wildman–Crippen MR) is 63.8 cm³/mol. The Kier molecular flexibility index (Phi) is 3.43. The molecular weight excluding hydrogens is 186 g/mol. The lowest BCUT2D eigenvalue weighted by molar-refractivity contribution is 0.618. The normalized spacial score (nSPS) is 18.4. The molecule has 1 aliphatic carbocycles. The maximum atomic E-state index is 5.85. The van der Waals surface area contributed by atoms with E-state index in [9.17, 15) is 0 Å². The van der Waals surface area contributed by atoms with Gasteiger partial charge in [0.15, 0.2) is 0 Å². The summed E-state index contributed by atoms with van der Waals surface area (Å²) in [6.07, 6.45) is 9.67. The molecule has 0 unspecified atom stereocenters. The molecule has 1 saturated carbocycles. The van der Waals surface area contributed by atoms with E-state index >= 15 is 0 Å². The van der Waals surface area contributed by atoms with E-state index in [1.165, 1.54) is 38.5 Å². The summed E-state index contributed by atoms with van der Waals surface area (Å²) in [7, 11) is 0. The Morgan fingerprint density at radius 2 is 1.93 bits per heavy atom. The second-order valence-electron chi connectivity index (χ2n) is 4.27. The molecular formula is C12H19N3. The second-order valence-corrected chi connectivity index (χ2v) is 4.27. The Bertz CT molecular complexity index is 303. The van der Waals surface area contributed by atoms with Crippen molar-refractivity contribution < 1.29 is 0 Å². The fourth-order valence-corrected chi connectivity index (χ4v) is 2.16. The molecule has 82 valence electrons. The first-order valence-electron chi connectivity index (χ1n) is 5.83. The van der Waals surface area contributed by atoms with Gasteiger partial charge in [0, 0.05) is 12.2 Å². The van der Waals surface area contributed by atoms with E-state index in [2.05, 4.69) is 10.3 Å². The van der Waals surface area contributed by atoms with Gasteiger partial charge in [0.25, 0.3) is 0 Å². The smallest absolute Gasteiger partial charge is 0.149 e. The van der Waals surface area contributed by atoms with Gasteiger partial charge in [0.05, 0.1) is 5.69 Å². The molecule has 1 heterocycles. The number of nitrogens with two attached hydrogens (primary N) is 1. The number of nitrogen functional groups attached to an aromatic ring is 1. The zero-order valence-electron chi connectivity index (χ0n) is 9.08. The van der Waals surface area contributed by atoms with E-state index in [0.717, 1.165) is 11.5 Å². The molecule has 0 aromatic carbocycles. The summed E-state index contributed by atoms with van der Waals surface area (Å²) in [6.45, 7) is 0. The number of hydrogen-bond acceptors (Lipinski definition) is 3. The average molecular weight is 205 g/mol. The van der Waals surface area contributed by atoms with Crippen molar-refractivity contribution in [3.8, 4) is 0 Å². The Labute approximate surface area is 91.1 Å². The van der Waals surface area contributed by atoms with E-state index in [1.807, 2.05) is 12.1 Å². The fourth-order valence-electron chi connectivity index (χ4n) is 2.16. The first-order valence-corrected chi connectivity index (χ1v) is 5.83. The van der Waals surface area contributed by atoms with Crippen LogP contribution in [0.1, 0.15) is 38.5 Å². The minimum absolute atomic E-state index is 0.560. The Morgan fingerprint density at radius 3 is 2.60 bits per heavy atom. The van der Waals surface area contributed by atoms with Crippen LogP contribution in [-0.4, -0.2) is 11.0 Å². The van der Waals surface area contributed by atoms with Crippen molar-refractivity contribution >= 4 is 11.5 Å². The SMILES string of the molecule is Nc1cccnc1NC1CCCCCC1. The largest absolute Gasteiger partial charge is 0.396 e. The number of anilines is 2. The lowest BCUT2D eigenvalue weighted by atomic mass is 10.1. The van der Waals surface area contributed by atoms with Gasteiger partial charge in [-0.25, -0.2) is 4.98 Å². The number of nitrogens with one attached hydrogen (secondary N) is 1. The van der Waals surface area contributed by atoms with Crippen LogP contribution in [0.4, 0.5) is 11.5 Å². The lowest BCUT2D eigenvalue weighted by Gasteiger charge is -2.17. The molecule has 0 bridgehead atoms. The summed E-state index contributed by atoms with van der Waals surface area (Å²) in [5.74, 6) is 0.851. The molecule has 1 fully saturated rings. The quantitative estimate of drug-likeness (QED) is 0.730. The molecule has 1 aromatic heterocycles. The van der Waals surface area contributed by atoms with Gasteiger partial charge in [-0.05, 0) is 25.0 Å². The van der Waals surface area contributed by atoms with Gasteiger partial charge in [-0.2, -0.15) is 0 Å². The standard InChI is InChI=1S/C12H19N3/c13-11-8-5-9-14-12(11)15-10-6-3-1-2-4-7-10/h5,8-10H,1-4,6-7,13H2,(H,14,15). The number of nitrogens with zero attached hydrogens (tertiary/aromatic N) is 1. The van der Waals surface area contributed by atoms with Crippen molar-refractivity contribution in [3.05, 3.63) is 18.3 Å². The van der Waals surface area contributed by atoms with Gasteiger partial charge in [-0.1, -0.05) is 25.7 Å². The third-order valence-corrected chi connectivity index (χ3v) is 3.03. The summed E-state index contributed by atoms with van der Waals surface area (Å²) in [5.41, 5.74) is 6.60. The highest BCUT2D eigenvalue weighted by Gasteiger charge is 2.12. The Morgan fingerprint density at radius 1 is 1.20 bits per heavy atom. The van der Waals surface area contributed by atoms with Crippen molar-refractivity contribution in [3.63, 3.8) is 0 Å². The molecule has 1 aliphatic rings.